The second-order valence-electron chi connectivity index (χ2n) is 5.09. The zero-order chi connectivity index (χ0) is 15.4. The van der Waals surface area contributed by atoms with E-state index < -0.39 is 0 Å². The highest BCUT2D eigenvalue weighted by Crippen LogP contribution is 2.31. The standard InChI is InChI=1S/C16H21Br2N3/c1-4-8-21-16(14(18)10-20-21)15(19-5-2)13-7-6-12(17)9-11(13)3/h6-7,9-10,15,19H,4-5,8H2,1-3H3. The maximum atomic E-state index is 4.50. The second kappa shape index (κ2) is 7.56. The summed E-state index contributed by atoms with van der Waals surface area (Å²) in [7, 11) is 0. The van der Waals surface area contributed by atoms with E-state index in [0.29, 0.717) is 0 Å². The van der Waals surface area contributed by atoms with Crippen LogP contribution in [0, 0.1) is 6.92 Å². The number of rotatable bonds is 6. The zero-order valence-electron chi connectivity index (χ0n) is 12.7. The molecule has 2 aromatic rings. The molecular weight excluding hydrogens is 394 g/mol. The fraction of sp³-hybridized carbons (Fsp3) is 0.438. The van der Waals surface area contributed by atoms with Crippen LogP contribution in [-0.2, 0) is 6.54 Å². The van der Waals surface area contributed by atoms with Gasteiger partial charge in [-0.2, -0.15) is 5.10 Å². The number of nitrogens with one attached hydrogen (secondary N) is 1. The fourth-order valence-corrected chi connectivity index (χ4v) is 3.57. The van der Waals surface area contributed by atoms with Crippen molar-refractivity contribution in [1.29, 1.82) is 0 Å². The molecule has 21 heavy (non-hydrogen) atoms. The van der Waals surface area contributed by atoms with Gasteiger partial charge in [-0.25, -0.2) is 0 Å². The first-order valence-electron chi connectivity index (χ1n) is 7.29. The molecule has 5 heteroatoms. The molecule has 3 nitrogen and oxygen atoms in total. The van der Waals surface area contributed by atoms with Crippen LogP contribution in [0.1, 0.15) is 43.1 Å². The Morgan fingerprint density at radius 3 is 2.67 bits per heavy atom. The lowest BCUT2D eigenvalue weighted by molar-refractivity contribution is 0.518. The summed E-state index contributed by atoms with van der Waals surface area (Å²) < 4.78 is 4.27. The van der Waals surface area contributed by atoms with Gasteiger partial charge < -0.3 is 5.32 Å². The first-order valence-corrected chi connectivity index (χ1v) is 8.87. The third-order valence-electron chi connectivity index (χ3n) is 3.49. The van der Waals surface area contributed by atoms with Crippen molar-refractivity contribution in [2.75, 3.05) is 6.54 Å². The van der Waals surface area contributed by atoms with Crippen molar-refractivity contribution in [3.05, 3.63) is 50.2 Å². The lowest BCUT2D eigenvalue weighted by atomic mass is 9.98. The van der Waals surface area contributed by atoms with Crippen molar-refractivity contribution in [3.8, 4) is 0 Å². The van der Waals surface area contributed by atoms with Gasteiger partial charge in [0, 0.05) is 11.0 Å². The Morgan fingerprint density at radius 2 is 2.05 bits per heavy atom. The molecule has 1 atom stereocenters. The van der Waals surface area contributed by atoms with Crippen LogP contribution in [-0.4, -0.2) is 16.3 Å². The molecule has 0 bridgehead atoms. The Bertz CT molecular complexity index is 608. The summed E-state index contributed by atoms with van der Waals surface area (Å²) in [5.74, 6) is 0. The number of aromatic nitrogens is 2. The predicted octanol–water partition coefficient (Wildman–Crippen LogP) is 4.83. The number of nitrogens with zero attached hydrogens (tertiary/aromatic N) is 2. The lowest BCUT2D eigenvalue weighted by Crippen LogP contribution is -2.26. The topological polar surface area (TPSA) is 29.9 Å². The summed E-state index contributed by atoms with van der Waals surface area (Å²) in [5, 5.41) is 8.10. The number of benzene rings is 1. The third-order valence-corrected chi connectivity index (χ3v) is 4.60. The molecule has 0 saturated carbocycles. The minimum atomic E-state index is 0.145. The van der Waals surface area contributed by atoms with Gasteiger partial charge in [0.1, 0.15) is 0 Å². The van der Waals surface area contributed by atoms with Crippen LogP contribution in [0.4, 0.5) is 0 Å². The second-order valence-corrected chi connectivity index (χ2v) is 6.86. The van der Waals surface area contributed by atoms with E-state index in [9.17, 15) is 0 Å². The Balaban J connectivity index is 2.50. The molecule has 0 saturated heterocycles. The summed E-state index contributed by atoms with van der Waals surface area (Å²) in [6, 6.07) is 6.59. The molecular formula is C16H21Br2N3. The van der Waals surface area contributed by atoms with Gasteiger partial charge in [-0.3, -0.25) is 4.68 Å². The van der Waals surface area contributed by atoms with E-state index in [4.69, 9.17) is 0 Å². The molecule has 1 aromatic carbocycles. The van der Waals surface area contributed by atoms with Gasteiger partial charge in [-0.15, -0.1) is 0 Å². The summed E-state index contributed by atoms with van der Waals surface area (Å²) in [5.41, 5.74) is 3.76. The maximum Gasteiger partial charge on any atom is 0.0762 e. The highest BCUT2D eigenvalue weighted by atomic mass is 79.9. The van der Waals surface area contributed by atoms with Gasteiger partial charge in [-0.05, 0) is 59.1 Å². The van der Waals surface area contributed by atoms with Gasteiger partial charge in [0.2, 0.25) is 0 Å². The van der Waals surface area contributed by atoms with Crippen LogP contribution in [0.2, 0.25) is 0 Å². The summed E-state index contributed by atoms with van der Waals surface area (Å²) in [6.07, 6.45) is 2.96. The highest BCUT2D eigenvalue weighted by molar-refractivity contribution is 9.10. The largest absolute Gasteiger partial charge is 0.305 e. The lowest BCUT2D eigenvalue weighted by Gasteiger charge is -2.22. The molecule has 114 valence electrons. The van der Waals surface area contributed by atoms with E-state index in [1.165, 1.54) is 16.8 Å². The monoisotopic (exact) mass is 413 g/mol. The van der Waals surface area contributed by atoms with Gasteiger partial charge >= 0.3 is 0 Å². The van der Waals surface area contributed by atoms with E-state index in [1.807, 2.05) is 6.20 Å². The molecule has 1 aromatic heterocycles. The maximum absolute atomic E-state index is 4.50. The Labute approximate surface area is 143 Å². The van der Waals surface area contributed by atoms with Gasteiger partial charge in [0.15, 0.2) is 0 Å². The predicted molar refractivity (Wildman–Crippen MR) is 94.6 cm³/mol. The Hall–Kier alpha value is -0.650. The SMILES string of the molecule is CCCn1ncc(Br)c1C(NCC)c1ccc(Br)cc1C. The Kier molecular flexibility index (Phi) is 6.02. The number of hydrogen-bond acceptors (Lipinski definition) is 2. The van der Waals surface area contributed by atoms with Crippen LogP contribution < -0.4 is 5.32 Å². The minimum absolute atomic E-state index is 0.145. The molecule has 0 spiro atoms. The summed E-state index contributed by atoms with van der Waals surface area (Å²) in [6.45, 7) is 8.29. The molecule has 0 aliphatic rings. The molecule has 0 aliphatic heterocycles. The van der Waals surface area contributed by atoms with E-state index in [-0.39, 0.29) is 6.04 Å². The van der Waals surface area contributed by atoms with Crippen molar-refractivity contribution in [3.63, 3.8) is 0 Å². The number of halogens is 2. The Morgan fingerprint density at radius 1 is 1.29 bits per heavy atom. The average molecular weight is 415 g/mol. The van der Waals surface area contributed by atoms with Gasteiger partial charge in [0.25, 0.3) is 0 Å². The van der Waals surface area contributed by atoms with Crippen LogP contribution >= 0.6 is 31.9 Å². The number of aryl methyl sites for hydroxylation is 2. The molecule has 2 rings (SSSR count). The molecule has 0 fully saturated rings. The normalized spacial score (nSPS) is 12.6. The molecule has 0 radical (unpaired) electrons. The quantitative estimate of drug-likeness (QED) is 0.733. The van der Waals surface area contributed by atoms with E-state index in [1.54, 1.807) is 0 Å². The summed E-state index contributed by atoms with van der Waals surface area (Å²) >= 11 is 7.20. The van der Waals surface area contributed by atoms with Gasteiger partial charge in [-0.1, -0.05) is 35.8 Å². The third kappa shape index (κ3) is 3.76. The average Bonchev–Trinajstić information content (AvgIpc) is 2.79. The first-order chi connectivity index (χ1) is 10.1. The van der Waals surface area contributed by atoms with Crippen LogP contribution in [0.25, 0.3) is 0 Å². The van der Waals surface area contributed by atoms with Crippen molar-refractivity contribution >= 4 is 31.9 Å². The molecule has 0 aliphatic carbocycles. The van der Waals surface area contributed by atoms with Crippen LogP contribution in [0.15, 0.2) is 33.3 Å². The van der Waals surface area contributed by atoms with E-state index in [0.717, 1.165) is 28.5 Å². The fourth-order valence-electron chi connectivity index (χ4n) is 2.57. The minimum Gasteiger partial charge on any atom is -0.305 e. The highest BCUT2D eigenvalue weighted by Gasteiger charge is 2.22. The molecule has 0 amide bonds. The number of hydrogen-bond donors (Lipinski definition) is 1. The van der Waals surface area contributed by atoms with Crippen LogP contribution in [0.3, 0.4) is 0 Å². The molecule has 1 unspecified atom stereocenters. The molecule has 1 N–H and O–H groups in total. The van der Waals surface area contributed by atoms with Crippen LogP contribution in [0.5, 0.6) is 0 Å². The smallest absolute Gasteiger partial charge is 0.0762 e. The van der Waals surface area contributed by atoms with Crippen molar-refractivity contribution in [2.24, 2.45) is 0 Å². The summed E-state index contributed by atoms with van der Waals surface area (Å²) in [4.78, 5) is 0. The molecule has 1 heterocycles. The van der Waals surface area contributed by atoms with Crippen molar-refractivity contribution in [2.45, 2.75) is 39.8 Å². The van der Waals surface area contributed by atoms with E-state index in [2.05, 4.69) is 85.9 Å². The first kappa shape index (κ1) is 16.7. The van der Waals surface area contributed by atoms with E-state index >= 15 is 0 Å². The zero-order valence-corrected chi connectivity index (χ0v) is 15.8. The van der Waals surface area contributed by atoms with Crippen molar-refractivity contribution < 1.29 is 0 Å². The van der Waals surface area contributed by atoms with Gasteiger partial charge in [0.05, 0.1) is 22.4 Å². The van der Waals surface area contributed by atoms with Crippen molar-refractivity contribution in [1.82, 2.24) is 15.1 Å².